The highest BCUT2D eigenvalue weighted by molar-refractivity contribution is 8.13. The lowest BCUT2D eigenvalue weighted by Crippen LogP contribution is -2.46. The van der Waals surface area contributed by atoms with Gasteiger partial charge in [-0.05, 0) is 5.56 Å². The Morgan fingerprint density at radius 3 is 2.32 bits per heavy atom. The van der Waals surface area contributed by atoms with Crippen molar-refractivity contribution in [3.8, 4) is 0 Å². The van der Waals surface area contributed by atoms with Crippen molar-refractivity contribution in [3.63, 3.8) is 0 Å². The number of imidazole rings is 1. The van der Waals surface area contributed by atoms with E-state index < -0.39 is 114 Å². The lowest BCUT2D eigenvalue weighted by Gasteiger charge is -2.30. The molecule has 4 rings (SSSR count). The molecule has 27 nitrogen and oxygen atoms in total. The van der Waals surface area contributed by atoms with E-state index in [0.717, 1.165) is 17.2 Å². The van der Waals surface area contributed by atoms with Crippen LogP contribution < -0.4 is 21.5 Å². The highest BCUT2D eigenvalue weighted by atomic mass is 32.2. The number of aromatic nitrogens is 4. The average molecular weight is 973 g/mol. The first-order chi connectivity index (χ1) is 29.3. The lowest BCUT2D eigenvalue weighted by molar-refractivity contribution is -0.307. The zero-order chi connectivity index (χ0) is 46.9. The number of nitrogens with one attached hydrogen (secondary N) is 2. The molecule has 1 fully saturated rings. The van der Waals surface area contributed by atoms with Crippen LogP contribution in [-0.2, 0) is 55.5 Å². The van der Waals surface area contributed by atoms with E-state index in [1.807, 2.05) is 0 Å². The highest BCUT2D eigenvalue weighted by Crippen LogP contribution is 2.61. The van der Waals surface area contributed by atoms with Crippen molar-refractivity contribution in [3.05, 3.63) is 48.5 Å². The summed E-state index contributed by atoms with van der Waals surface area (Å²) in [5, 5.41) is 47.4. The number of benzene rings is 1. The zero-order valence-corrected chi connectivity index (χ0v) is 36.6. The summed E-state index contributed by atoms with van der Waals surface area (Å²) < 4.78 is 62.2. The third-order valence-electron chi connectivity index (χ3n) is 8.96. The summed E-state index contributed by atoms with van der Waals surface area (Å²) in [7, 11) is -16.5. The predicted octanol–water partition coefficient (Wildman–Crippen LogP) is -1.85. The van der Waals surface area contributed by atoms with Gasteiger partial charge in [0.15, 0.2) is 22.8 Å². The van der Waals surface area contributed by atoms with Crippen LogP contribution in [0.15, 0.2) is 43.0 Å². The molecule has 9 unspecified atom stereocenters. The summed E-state index contributed by atoms with van der Waals surface area (Å²) in [6.45, 7) is -0.0480. The van der Waals surface area contributed by atoms with E-state index in [9.17, 15) is 72.9 Å². The highest BCUT2D eigenvalue weighted by Gasteiger charge is 2.50. The van der Waals surface area contributed by atoms with E-state index in [1.165, 1.54) is 26.0 Å². The van der Waals surface area contributed by atoms with E-state index in [-0.39, 0.29) is 42.2 Å². The van der Waals surface area contributed by atoms with Crippen LogP contribution in [0.25, 0.3) is 11.2 Å². The molecule has 2 aromatic heterocycles. The maximum absolute atomic E-state index is 12.7. The first-order valence-corrected chi connectivity index (χ1v) is 23.8. The number of fused-ring (bicyclic) bond motifs is 1. The summed E-state index contributed by atoms with van der Waals surface area (Å²) in [4.78, 5) is 99.9. The number of aliphatic carboxylic acids is 1. The SMILES string of the molecule is CC(C)(COP(=O)(O)OP(=O)(O)OCC1OC(n2cnc3c(N)ncnc32)C(O)C1OP(=O)(O)O)C(O)C(=O)NCCC(=O)NCCSC(=O)C(CC(=O)[O-])C(O)c1ccccc1. The minimum atomic E-state index is -5.62. The Morgan fingerprint density at radius 1 is 1.00 bits per heavy atom. The molecular weight excluding hydrogens is 927 g/mol. The van der Waals surface area contributed by atoms with Crippen molar-refractivity contribution in [2.45, 2.75) is 63.4 Å². The fourth-order valence-electron chi connectivity index (χ4n) is 5.77. The Bertz CT molecular complexity index is 2230. The van der Waals surface area contributed by atoms with Gasteiger partial charge in [0.2, 0.25) is 11.8 Å². The van der Waals surface area contributed by atoms with Crippen molar-refractivity contribution >= 4 is 75.1 Å². The second-order valence-corrected chi connectivity index (χ2v) is 19.6. The number of carbonyl (C=O) groups excluding carboxylic acids is 4. The second-order valence-electron chi connectivity index (χ2n) is 14.3. The quantitative estimate of drug-likeness (QED) is 0.0348. The number of thioether (sulfide) groups is 1. The molecular formula is C32H45N7O20P3S-. The fraction of sp³-hybridized carbons (Fsp3) is 0.531. The minimum Gasteiger partial charge on any atom is -0.550 e. The molecule has 0 spiro atoms. The van der Waals surface area contributed by atoms with Gasteiger partial charge >= 0.3 is 23.5 Å². The summed E-state index contributed by atoms with van der Waals surface area (Å²) >= 11 is 0.692. The molecule has 11 N–H and O–H groups in total. The Kier molecular flexibility index (Phi) is 18.0. The molecule has 9 atom stereocenters. The van der Waals surface area contributed by atoms with Gasteiger partial charge in [-0.2, -0.15) is 4.31 Å². The number of nitrogens with zero attached hydrogens (tertiary/aromatic N) is 4. The summed E-state index contributed by atoms with van der Waals surface area (Å²) in [6.07, 6.45) is -9.40. The predicted molar refractivity (Wildman–Crippen MR) is 212 cm³/mol. The number of nitrogens with two attached hydrogens (primary N) is 1. The molecule has 3 heterocycles. The third-order valence-corrected chi connectivity index (χ3v) is 13.1. The number of ether oxygens (including phenoxy) is 1. The van der Waals surface area contributed by atoms with Gasteiger partial charge in [-0.25, -0.2) is 28.6 Å². The van der Waals surface area contributed by atoms with Gasteiger partial charge in [-0.3, -0.25) is 32.5 Å². The maximum Gasteiger partial charge on any atom is 0.481 e. The third kappa shape index (κ3) is 15.1. The van der Waals surface area contributed by atoms with Crippen LogP contribution in [-0.4, -0.2) is 134 Å². The molecule has 3 aromatic rings. The van der Waals surface area contributed by atoms with E-state index in [4.69, 9.17) is 19.5 Å². The molecule has 0 saturated carbocycles. The van der Waals surface area contributed by atoms with Gasteiger partial charge in [0.25, 0.3) is 0 Å². The van der Waals surface area contributed by atoms with Gasteiger partial charge in [0.05, 0.1) is 31.6 Å². The molecule has 31 heteroatoms. The number of phosphoric ester groups is 3. The standard InChI is InChI=1S/C32H46N7O20P3S/c1-32(2,26(45)29(46)35-9-8-20(40)34-10-11-63-31(47)18(12-21(41)42)23(43)17-6-4-3-5-7-17)14-56-62(53,54)59-61(51,52)55-13-19-25(58-60(48,49)50)24(44)30(57-19)39-16-38-22-27(33)36-15-37-28(22)39/h3-7,15-16,18-19,23-26,30,43-45H,8-14H2,1-2H3,(H,34,40)(H,35,46)(H,41,42)(H,51,52)(H,53,54)(H2,33,36,37)(H2,48,49,50)/p-1. The van der Waals surface area contributed by atoms with E-state index in [2.05, 4.69) is 34.4 Å². The first-order valence-electron chi connectivity index (χ1n) is 18.3. The van der Waals surface area contributed by atoms with Crippen LogP contribution in [0.3, 0.4) is 0 Å². The maximum atomic E-state index is 12.7. The summed E-state index contributed by atoms with van der Waals surface area (Å²) in [6, 6.07) is 7.97. The lowest BCUT2D eigenvalue weighted by atomic mass is 9.87. The van der Waals surface area contributed by atoms with Gasteiger partial charge in [0, 0.05) is 43.1 Å². The number of nitrogen functional groups attached to an aromatic ring is 1. The Balaban J connectivity index is 1.21. The minimum absolute atomic E-state index is 0.0112. The normalized spacial score (nSPS) is 21.5. The summed E-state index contributed by atoms with van der Waals surface area (Å²) in [5.74, 6) is -4.53. The number of aliphatic hydroxyl groups is 3. The second kappa shape index (κ2) is 21.9. The molecule has 1 aliphatic heterocycles. The first kappa shape index (κ1) is 51.8. The van der Waals surface area contributed by atoms with Crippen LogP contribution >= 0.6 is 35.2 Å². The van der Waals surface area contributed by atoms with Gasteiger partial charge in [0.1, 0.15) is 36.3 Å². The number of hydrogen-bond donors (Lipinski definition) is 10. The van der Waals surface area contributed by atoms with E-state index in [0.29, 0.717) is 17.3 Å². The summed E-state index contributed by atoms with van der Waals surface area (Å²) in [5.41, 5.74) is 4.49. The molecule has 0 radical (unpaired) electrons. The number of carbonyl (C=O) groups is 4. The van der Waals surface area contributed by atoms with Crippen LogP contribution in [0.2, 0.25) is 0 Å². The molecule has 350 valence electrons. The number of phosphoric acid groups is 3. The topological polar surface area (TPSA) is 424 Å². The number of hydrogen-bond acceptors (Lipinski definition) is 21. The van der Waals surface area contributed by atoms with Crippen molar-refractivity contribution in [2.24, 2.45) is 11.3 Å². The van der Waals surface area contributed by atoms with Crippen molar-refractivity contribution in [1.82, 2.24) is 30.2 Å². The van der Waals surface area contributed by atoms with Crippen LogP contribution in [0.5, 0.6) is 0 Å². The van der Waals surface area contributed by atoms with Crippen LogP contribution in [0.1, 0.15) is 44.6 Å². The van der Waals surface area contributed by atoms with Gasteiger partial charge < -0.3 is 65.9 Å². The van der Waals surface area contributed by atoms with Crippen molar-refractivity contribution in [1.29, 1.82) is 0 Å². The molecule has 0 aliphatic carbocycles. The molecule has 1 saturated heterocycles. The smallest absolute Gasteiger partial charge is 0.481 e. The number of carboxylic acid groups (broad SMARTS) is 1. The number of aliphatic hydroxyl groups excluding tert-OH is 3. The molecule has 0 bridgehead atoms. The van der Waals surface area contributed by atoms with Crippen molar-refractivity contribution in [2.75, 3.05) is 37.8 Å². The van der Waals surface area contributed by atoms with Gasteiger partial charge in [-0.15, -0.1) is 0 Å². The Labute approximate surface area is 361 Å². The van der Waals surface area contributed by atoms with Crippen LogP contribution in [0, 0.1) is 11.3 Å². The zero-order valence-electron chi connectivity index (χ0n) is 33.1. The van der Waals surface area contributed by atoms with E-state index in [1.54, 1.807) is 18.2 Å². The fourth-order valence-corrected chi connectivity index (χ4v) is 9.44. The molecule has 2 amide bonds. The molecule has 1 aliphatic rings. The number of carboxylic acids is 1. The number of amides is 2. The number of anilines is 1. The molecule has 63 heavy (non-hydrogen) atoms. The average Bonchev–Trinajstić information content (AvgIpc) is 3.76. The monoisotopic (exact) mass is 972 g/mol. The van der Waals surface area contributed by atoms with Crippen molar-refractivity contribution < 1.29 is 95.5 Å². The Hall–Kier alpha value is -3.79. The molecule has 1 aromatic carbocycles. The van der Waals surface area contributed by atoms with E-state index >= 15 is 0 Å². The van der Waals surface area contributed by atoms with Crippen LogP contribution in [0.4, 0.5) is 5.82 Å². The number of rotatable bonds is 24. The largest absolute Gasteiger partial charge is 0.550 e. The Morgan fingerprint density at radius 2 is 1.67 bits per heavy atom. The van der Waals surface area contributed by atoms with Gasteiger partial charge in [-0.1, -0.05) is 55.9 Å².